The second kappa shape index (κ2) is 5.86. The predicted octanol–water partition coefficient (Wildman–Crippen LogP) is -0.675. The van der Waals surface area contributed by atoms with E-state index in [0.29, 0.717) is 5.56 Å². The SMILES string of the molecule is Cc1cn([C@H]2C[C@H](OP(C)(=O)O)[C@@H](CO)O2)c(=O)[nH]c1=O. The summed E-state index contributed by atoms with van der Waals surface area (Å²) in [5, 5.41) is 9.24. The molecular formula is C11H17N2O7P. The largest absolute Gasteiger partial charge is 0.394 e. The Kier molecular flexibility index (Phi) is 4.50. The first-order chi connectivity index (χ1) is 9.71. The van der Waals surface area contributed by atoms with Crippen LogP contribution in [0.5, 0.6) is 0 Å². The fourth-order valence-electron chi connectivity index (χ4n) is 2.20. The number of hydrogen-bond donors (Lipinski definition) is 3. The van der Waals surface area contributed by atoms with Crippen LogP contribution in [0, 0.1) is 6.92 Å². The minimum Gasteiger partial charge on any atom is -0.394 e. The Morgan fingerprint density at radius 3 is 2.81 bits per heavy atom. The van der Waals surface area contributed by atoms with Gasteiger partial charge >= 0.3 is 13.3 Å². The minimum atomic E-state index is -3.75. The second-order valence-electron chi connectivity index (χ2n) is 4.97. The summed E-state index contributed by atoms with van der Waals surface area (Å²) in [6.07, 6.45) is -0.987. The number of rotatable bonds is 4. The summed E-state index contributed by atoms with van der Waals surface area (Å²) in [4.78, 5) is 34.5. The van der Waals surface area contributed by atoms with E-state index in [2.05, 4.69) is 4.98 Å². The highest BCUT2D eigenvalue weighted by Crippen LogP contribution is 2.43. The first-order valence-electron chi connectivity index (χ1n) is 6.28. The van der Waals surface area contributed by atoms with E-state index in [4.69, 9.17) is 9.26 Å². The van der Waals surface area contributed by atoms with Crippen LogP contribution >= 0.6 is 7.60 Å². The van der Waals surface area contributed by atoms with Crippen LogP contribution in [-0.4, -0.2) is 45.0 Å². The maximum atomic E-state index is 11.8. The second-order valence-corrected chi connectivity index (χ2v) is 6.79. The zero-order valence-corrected chi connectivity index (χ0v) is 12.4. The summed E-state index contributed by atoms with van der Waals surface area (Å²) >= 11 is 0. The van der Waals surface area contributed by atoms with E-state index in [-0.39, 0.29) is 6.42 Å². The Hall–Kier alpha value is -1.25. The number of aromatic amines is 1. The number of hydrogen-bond acceptors (Lipinski definition) is 6. The van der Waals surface area contributed by atoms with E-state index in [1.54, 1.807) is 0 Å². The van der Waals surface area contributed by atoms with Gasteiger partial charge in [-0.2, -0.15) is 0 Å². The molecule has 0 bridgehead atoms. The third-order valence-electron chi connectivity index (χ3n) is 3.15. The van der Waals surface area contributed by atoms with E-state index < -0.39 is 43.9 Å². The van der Waals surface area contributed by atoms with Crippen LogP contribution in [0.3, 0.4) is 0 Å². The molecule has 1 saturated heterocycles. The molecule has 1 unspecified atom stereocenters. The van der Waals surface area contributed by atoms with E-state index in [1.165, 1.54) is 17.7 Å². The maximum Gasteiger partial charge on any atom is 0.330 e. The van der Waals surface area contributed by atoms with E-state index >= 15 is 0 Å². The molecule has 3 N–H and O–H groups in total. The summed E-state index contributed by atoms with van der Waals surface area (Å²) < 4.78 is 22.9. The number of H-pyrrole nitrogens is 1. The molecule has 1 aromatic heterocycles. The summed E-state index contributed by atoms with van der Waals surface area (Å²) in [5.41, 5.74) is -0.822. The minimum absolute atomic E-state index is 0.106. The number of nitrogens with one attached hydrogen (secondary N) is 1. The fourth-order valence-corrected chi connectivity index (χ4v) is 2.92. The molecule has 21 heavy (non-hydrogen) atoms. The summed E-state index contributed by atoms with van der Waals surface area (Å²) in [6.45, 7) is 2.15. The van der Waals surface area contributed by atoms with Crippen molar-refractivity contribution < 1.29 is 23.8 Å². The zero-order chi connectivity index (χ0) is 15.8. The van der Waals surface area contributed by atoms with Crippen molar-refractivity contribution in [2.24, 2.45) is 0 Å². The van der Waals surface area contributed by atoms with E-state index in [1.807, 2.05) is 0 Å². The quantitative estimate of drug-likeness (QED) is 0.627. The number of ether oxygens (including phenoxy) is 1. The van der Waals surface area contributed by atoms with Gasteiger partial charge in [-0.05, 0) is 6.92 Å². The van der Waals surface area contributed by atoms with E-state index in [0.717, 1.165) is 6.66 Å². The van der Waals surface area contributed by atoms with Gasteiger partial charge in [-0.1, -0.05) is 0 Å². The van der Waals surface area contributed by atoms with E-state index in [9.17, 15) is 24.2 Å². The smallest absolute Gasteiger partial charge is 0.330 e. The molecule has 1 aliphatic rings. The van der Waals surface area contributed by atoms with Gasteiger partial charge in [0.1, 0.15) is 12.3 Å². The van der Waals surface area contributed by atoms with Gasteiger partial charge in [0.2, 0.25) is 0 Å². The summed E-state index contributed by atoms with van der Waals surface area (Å²) in [7, 11) is -3.75. The van der Waals surface area contributed by atoms with Gasteiger partial charge in [0.25, 0.3) is 5.56 Å². The lowest BCUT2D eigenvalue weighted by molar-refractivity contribution is -0.0431. The van der Waals surface area contributed by atoms with Crippen molar-refractivity contribution in [1.29, 1.82) is 0 Å². The summed E-state index contributed by atoms with van der Waals surface area (Å²) in [5.74, 6) is 0. The third-order valence-corrected chi connectivity index (χ3v) is 3.81. The van der Waals surface area contributed by atoms with Crippen LogP contribution in [0.2, 0.25) is 0 Å². The molecule has 0 aliphatic carbocycles. The molecule has 0 radical (unpaired) electrons. The number of aliphatic hydroxyl groups excluding tert-OH is 1. The van der Waals surface area contributed by atoms with Gasteiger partial charge in [0.05, 0.1) is 12.7 Å². The molecule has 9 nitrogen and oxygen atoms in total. The fraction of sp³-hybridized carbons (Fsp3) is 0.636. The molecular weight excluding hydrogens is 303 g/mol. The number of nitrogens with zero attached hydrogens (tertiary/aromatic N) is 1. The molecule has 0 amide bonds. The van der Waals surface area contributed by atoms with Gasteiger partial charge in [0.15, 0.2) is 0 Å². The van der Waals surface area contributed by atoms with Crippen molar-refractivity contribution in [2.45, 2.75) is 31.8 Å². The molecule has 118 valence electrons. The average Bonchev–Trinajstić information content (AvgIpc) is 2.74. The average molecular weight is 320 g/mol. The Labute approximate surface area is 119 Å². The highest BCUT2D eigenvalue weighted by molar-refractivity contribution is 7.51. The van der Waals surface area contributed by atoms with Crippen molar-refractivity contribution in [3.63, 3.8) is 0 Å². The number of aryl methyl sites for hydroxylation is 1. The predicted molar refractivity (Wildman–Crippen MR) is 72.3 cm³/mol. The van der Waals surface area contributed by atoms with Crippen molar-refractivity contribution in [3.05, 3.63) is 32.6 Å². The van der Waals surface area contributed by atoms with Gasteiger partial charge in [0, 0.05) is 24.8 Å². The lowest BCUT2D eigenvalue weighted by Crippen LogP contribution is -2.33. The van der Waals surface area contributed by atoms with Gasteiger partial charge in [-0.15, -0.1) is 0 Å². The monoisotopic (exact) mass is 320 g/mol. The van der Waals surface area contributed by atoms with Crippen LogP contribution in [0.1, 0.15) is 18.2 Å². The molecule has 1 aliphatic heterocycles. The Bertz CT molecular complexity index is 676. The Balaban J connectivity index is 2.27. The maximum absolute atomic E-state index is 11.8. The van der Waals surface area contributed by atoms with Crippen molar-refractivity contribution in [3.8, 4) is 0 Å². The topological polar surface area (TPSA) is 131 Å². The molecule has 2 rings (SSSR count). The number of aromatic nitrogens is 2. The van der Waals surface area contributed by atoms with Crippen molar-refractivity contribution in [1.82, 2.24) is 9.55 Å². The molecule has 4 atom stereocenters. The van der Waals surface area contributed by atoms with Crippen LogP contribution in [0.4, 0.5) is 0 Å². The summed E-state index contributed by atoms with van der Waals surface area (Å²) in [6, 6.07) is 0. The van der Waals surface area contributed by atoms with Crippen LogP contribution in [-0.2, 0) is 13.8 Å². The van der Waals surface area contributed by atoms with Crippen LogP contribution in [0.25, 0.3) is 0 Å². The van der Waals surface area contributed by atoms with Crippen molar-refractivity contribution >= 4 is 7.60 Å². The third kappa shape index (κ3) is 3.69. The van der Waals surface area contributed by atoms with Gasteiger partial charge in [-0.25, -0.2) is 4.79 Å². The lowest BCUT2D eigenvalue weighted by atomic mass is 10.2. The molecule has 1 fully saturated rings. The molecule has 2 heterocycles. The highest BCUT2D eigenvalue weighted by Gasteiger charge is 2.39. The Morgan fingerprint density at radius 1 is 1.57 bits per heavy atom. The first-order valence-corrected chi connectivity index (χ1v) is 8.31. The Morgan fingerprint density at radius 2 is 2.24 bits per heavy atom. The first kappa shape index (κ1) is 16.1. The molecule has 1 aromatic rings. The van der Waals surface area contributed by atoms with Gasteiger partial charge < -0.3 is 19.3 Å². The zero-order valence-electron chi connectivity index (χ0n) is 11.6. The molecule has 0 spiro atoms. The molecule has 0 aromatic carbocycles. The van der Waals surface area contributed by atoms with Crippen LogP contribution in [0.15, 0.2) is 15.8 Å². The van der Waals surface area contributed by atoms with Gasteiger partial charge in [-0.3, -0.25) is 18.9 Å². The van der Waals surface area contributed by atoms with Crippen molar-refractivity contribution in [2.75, 3.05) is 13.3 Å². The standard InChI is InChI=1S/C11H17N2O7P/c1-6-4-13(11(16)12-10(6)15)9-3-7(8(5-14)19-9)20-21(2,17)18/h4,7-9,14H,3,5H2,1-2H3,(H,17,18)(H,12,15,16)/t7-,8+,9+/m0/s1. The molecule has 0 saturated carbocycles. The lowest BCUT2D eigenvalue weighted by Gasteiger charge is -2.17. The highest BCUT2D eigenvalue weighted by atomic mass is 31.2. The van der Waals surface area contributed by atoms with Crippen LogP contribution < -0.4 is 11.2 Å². The molecule has 10 heteroatoms. The number of aliphatic hydroxyl groups is 1. The normalized spacial score (nSPS) is 28.5.